The fraction of sp³-hybridized carbons (Fsp3) is 0.947. The van der Waals surface area contributed by atoms with E-state index < -0.39 is 7.26 Å². The maximum atomic E-state index is 4.76. The average Bonchev–Trinajstić information content (AvgIpc) is 3.30. The first-order valence-electron chi connectivity index (χ1n) is 29.2. The summed E-state index contributed by atoms with van der Waals surface area (Å²) in [5, 5.41) is 5.56. The standard InChI is InChI=1S/C48H100P.C5H11NS2.C4H8N2S4.Cu/c1-9-17-21-25-29-33-41-45(37-13-5)49(46(38-14-6)42-34-30-26-22-18-10-2,47(39-15-7)43-35-31-27-23-19-11-3)48(40-16-8)44-36-32-28-24-20-12-4;1-3-6(4-2)5(7)8;7-3(8)5-1-2-6-4(9)10;/h45-48H,9-44H2,1-8H3;3-4H2,1-2H3,(H,7,8);1-2H2,(H2,5,7,8)(H2,6,9,10);/q+1;;;+2/p-3. The Morgan fingerprint density at radius 1 is 0.353 bits per heavy atom. The van der Waals surface area contributed by atoms with Crippen molar-refractivity contribution in [3.8, 4) is 0 Å². The minimum Gasteiger partial charge on any atom is -0.412 e. The van der Waals surface area contributed by atoms with Crippen molar-refractivity contribution in [2.75, 3.05) is 26.2 Å². The summed E-state index contributed by atoms with van der Waals surface area (Å²) in [5.41, 5.74) is 4.20. The normalized spacial score (nSPS) is 13.6. The van der Waals surface area contributed by atoms with Crippen molar-refractivity contribution in [2.24, 2.45) is 0 Å². The quantitative estimate of drug-likeness (QED) is 0.0203. The molecule has 0 heterocycles. The molecule has 0 fully saturated rings. The van der Waals surface area contributed by atoms with E-state index in [2.05, 4.69) is 116 Å². The van der Waals surface area contributed by atoms with E-state index >= 15 is 0 Å². The van der Waals surface area contributed by atoms with E-state index in [-0.39, 0.29) is 17.1 Å². The molecular weight excluding hydrogens is 1010 g/mol. The van der Waals surface area contributed by atoms with Crippen molar-refractivity contribution in [1.82, 2.24) is 15.5 Å². The summed E-state index contributed by atoms with van der Waals surface area (Å²) in [6, 6.07) is 0. The summed E-state index contributed by atoms with van der Waals surface area (Å²) in [7, 11) is -1.25. The van der Waals surface area contributed by atoms with E-state index in [9.17, 15) is 0 Å². The van der Waals surface area contributed by atoms with Gasteiger partial charge in [-0.25, -0.2) is 0 Å². The number of nitrogens with one attached hydrogen (secondary N) is 2. The van der Waals surface area contributed by atoms with Crippen LogP contribution in [0.25, 0.3) is 0 Å². The van der Waals surface area contributed by atoms with E-state index in [1.54, 1.807) is 51.4 Å². The van der Waals surface area contributed by atoms with Gasteiger partial charge in [0.2, 0.25) is 0 Å². The SMILES string of the molecule is CCCCCCCCC(CCC)[P+](C(CCC)CCCCCCCC)(C(CCC)CCCCCCCC)C(CCC)CCCCCCCC.CCN(CC)C(=S)[S-].S=C([S-])NCCNC(=S)[S-].[Cu+2]. The minimum atomic E-state index is -1.25. The Balaban J connectivity index is -0.000000895. The predicted octanol–water partition coefficient (Wildman–Crippen LogP) is 19.7. The van der Waals surface area contributed by atoms with E-state index in [0.29, 0.717) is 26.1 Å². The molecule has 11 heteroatoms. The monoisotopic (exact) mass is 1130 g/mol. The molecular formula is C57H116CuN3PS6. The number of hydrogen-bond acceptors (Lipinski definition) is 6. The van der Waals surface area contributed by atoms with Gasteiger partial charge in [-0.2, -0.15) is 0 Å². The number of hydrogen-bond donors (Lipinski definition) is 2. The molecule has 0 bridgehead atoms. The van der Waals surface area contributed by atoms with E-state index in [1.165, 1.54) is 180 Å². The molecule has 0 aromatic carbocycles. The molecule has 4 unspecified atom stereocenters. The van der Waals surface area contributed by atoms with E-state index in [0.717, 1.165) is 35.7 Å². The molecule has 68 heavy (non-hydrogen) atoms. The molecule has 411 valence electrons. The van der Waals surface area contributed by atoms with Crippen LogP contribution in [0.5, 0.6) is 0 Å². The second kappa shape index (κ2) is 57.6. The maximum Gasteiger partial charge on any atom is 2.00 e. The molecule has 0 rings (SSSR count). The zero-order valence-electron chi connectivity index (χ0n) is 46.7. The molecule has 0 saturated heterocycles. The molecule has 0 spiro atoms. The first-order chi connectivity index (χ1) is 32.4. The largest absolute Gasteiger partial charge is 2.00 e. The maximum absolute atomic E-state index is 4.76. The van der Waals surface area contributed by atoms with Gasteiger partial charge in [0, 0.05) is 33.4 Å². The Morgan fingerprint density at radius 2 is 0.574 bits per heavy atom. The summed E-state index contributed by atoms with van der Waals surface area (Å²) in [4.78, 5) is 1.96. The van der Waals surface area contributed by atoms with Crippen molar-refractivity contribution < 1.29 is 17.1 Å². The van der Waals surface area contributed by atoms with Crippen LogP contribution >= 0.6 is 43.9 Å². The number of thiocarbonyl (C=S) groups is 3. The van der Waals surface area contributed by atoms with Gasteiger partial charge in [-0.05, 0) is 90.9 Å². The summed E-state index contributed by atoms with van der Waals surface area (Å²) < 4.78 is 1.32. The zero-order chi connectivity index (χ0) is 50.8. The van der Waals surface area contributed by atoms with Crippen LogP contribution in [-0.4, -0.2) is 66.7 Å². The summed E-state index contributed by atoms with van der Waals surface area (Å²) >= 11 is 27.9. The van der Waals surface area contributed by atoms with Crippen LogP contribution < -0.4 is 10.6 Å². The fourth-order valence-corrected chi connectivity index (χ4v) is 20.8. The molecule has 0 amide bonds. The first-order valence-corrected chi connectivity index (χ1v) is 33.7. The van der Waals surface area contributed by atoms with Gasteiger partial charge in [0.05, 0.1) is 22.6 Å². The predicted molar refractivity (Wildman–Crippen MR) is 332 cm³/mol. The van der Waals surface area contributed by atoms with Crippen molar-refractivity contribution >= 4 is 94.8 Å². The zero-order valence-corrected chi connectivity index (χ0v) is 53.5. The Kier molecular flexibility index (Phi) is 64.2. The molecule has 4 atom stereocenters. The second-order valence-corrected chi connectivity index (χ2v) is 27.6. The van der Waals surface area contributed by atoms with Crippen LogP contribution in [0, 0.1) is 0 Å². The molecule has 0 aromatic heterocycles. The molecule has 0 saturated carbocycles. The van der Waals surface area contributed by atoms with Crippen LogP contribution in [0.3, 0.4) is 0 Å². The molecule has 0 aromatic rings. The minimum absolute atomic E-state index is 0. The molecule has 1 radical (unpaired) electrons. The molecule has 0 aliphatic rings. The van der Waals surface area contributed by atoms with Gasteiger partial charge in [0.15, 0.2) is 0 Å². The third-order valence-electron chi connectivity index (χ3n) is 14.3. The van der Waals surface area contributed by atoms with Gasteiger partial charge in [-0.1, -0.05) is 222 Å². The van der Waals surface area contributed by atoms with Crippen LogP contribution in [0.2, 0.25) is 0 Å². The Hall–Kier alpha value is 1.28. The van der Waals surface area contributed by atoms with Gasteiger partial charge in [0.1, 0.15) is 0 Å². The van der Waals surface area contributed by atoms with Crippen molar-refractivity contribution in [3.63, 3.8) is 0 Å². The van der Waals surface area contributed by atoms with Crippen LogP contribution in [0.15, 0.2) is 0 Å². The third-order valence-corrected chi connectivity index (χ3v) is 22.5. The van der Waals surface area contributed by atoms with Crippen molar-refractivity contribution in [3.05, 3.63) is 0 Å². The second-order valence-electron chi connectivity index (χ2n) is 19.8. The first kappa shape index (κ1) is 75.8. The van der Waals surface area contributed by atoms with Gasteiger partial charge < -0.3 is 90.1 Å². The summed E-state index contributed by atoms with van der Waals surface area (Å²) in [6.45, 7) is 27.1. The van der Waals surface area contributed by atoms with Crippen LogP contribution in [0.4, 0.5) is 0 Å². The molecule has 0 aliphatic carbocycles. The number of rotatable bonds is 45. The fourth-order valence-electron chi connectivity index (χ4n) is 10.9. The Bertz CT molecular complexity index is 945. The topological polar surface area (TPSA) is 27.3 Å². The van der Waals surface area contributed by atoms with Gasteiger partial charge in [0.25, 0.3) is 0 Å². The Labute approximate surface area is 472 Å². The van der Waals surface area contributed by atoms with Crippen LogP contribution in [-0.2, 0) is 55.0 Å². The Morgan fingerprint density at radius 3 is 0.735 bits per heavy atom. The van der Waals surface area contributed by atoms with Crippen molar-refractivity contribution in [1.29, 1.82) is 0 Å². The van der Waals surface area contributed by atoms with Gasteiger partial charge >= 0.3 is 17.1 Å². The average molecular weight is 1130 g/mol. The molecule has 2 N–H and O–H groups in total. The van der Waals surface area contributed by atoms with Gasteiger partial charge in [-0.3, -0.25) is 0 Å². The summed E-state index contributed by atoms with van der Waals surface area (Å²) in [6.07, 6.45) is 53.4. The smallest absolute Gasteiger partial charge is 0.412 e. The summed E-state index contributed by atoms with van der Waals surface area (Å²) in [5.74, 6) is 0. The van der Waals surface area contributed by atoms with Crippen molar-refractivity contribution in [2.45, 2.75) is 323 Å². The molecule has 0 aliphatic heterocycles. The van der Waals surface area contributed by atoms with Crippen LogP contribution in [0.1, 0.15) is 300 Å². The van der Waals surface area contributed by atoms with E-state index in [1.807, 2.05) is 18.7 Å². The third kappa shape index (κ3) is 41.6. The molecule has 3 nitrogen and oxygen atoms in total. The number of unbranched alkanes of at least 4 members (excludes halogenated alkanes) is 20. The van der Waals surface area contributed by atoms with Gasteiger partial charge in [-0.15, -0.1) is 0 Å². The number of nitrogens with zero attached hydrogens (tertiary/aromatic N) is 1. The van der Waals surface area contributed by atoms with E-state index in [4.69, 9.17) is 24.8 Å².